The molecule has 0 radical (unpaired) electrons. The van der Waals surface area contributed by atoms with Gasteiger partial charge < -0.3 is 0 Å². The Morgan fingerprint density at radius 1 is 0.444 bits per heavy atom. The van der Waals surface area contributed by atoms with Gasteiger partial charge in [0.05, 0.1) is 0 Å². The topological polar surface area (TPSA) is 6.48 Å². The third-order valence-corrected chi connectivity index (χ3v) is 5.35. The number of hydrogen-bond donors (Lipinski definition) is 0. The Morgan fingerprint density at radius 2 is 0.833 bits per heavy atom. The van der Waals surface area contributed by atoms with Crippen LogP contribution in [0.2, 0.25) is 0 Å². The minimum Gasteiger partial charge on any atom is -0.238 e. The van der Waals surface area contributed by atoms with Crippen molar-refractivity contribution in [3.05, 3.63) is 0 Å². The molecule has 104 valence electrons. The molecule has 0 aromatic heterocycles. The number of rotatable bonds is 2. The second kappa shape index (κ2) is 6.38. The lowest BCUT2D eigenvalue weighted by atomic mass is 9.92. The fraction of sp³-hybridized carbons (Fsp3) is 1.00. The first-order valence-corrected chi connectivity index (χ1v) is 8.48. The van der Waals surface area contributed by atoms with Gasteiger partial charge in [-0.2, -0.15) is 0 Å². The van der Waals surface area contributed by atoms with E-state index in [0.29, 0.717) is 0 Å². The molecular weight excluding hydrogens is 220 g/mol. The highest BCUT2D eigenvalue weighted by Crippen LogP contribution is 2.31. The average Bonchev–Trinajstić information content (AvgIpc) is 2.49. The quantitative estimate of drug-likeness (QED) is 0.732. The Kier molecular flexibility index (Phi) is 4.58. The maximum Gasteiger partial charge on any atom is 0.0246 e. The summed E-state index contributed by atoms with van der Waals surface area (Å²) in [5, 5.41) is 5.64. The average molecular weight is 250 g/mol. The molecule has 2 aliphatic carbocycles. The molecule has 1 heterocycles. The molecule has 0 N–H and O–H groups in total. The van der Waals surface area contributed by atoms with Gasteiger partial charge in [-0.3, -0.25) is 0 Å². The Balaban J connectivity index is 1.64. The standard InChI is InChI=1S/C16H30N2/c1-3-9-15(10-4-1)17-13-7-8-14-18(17)16-11-5-2-6-12-16/h15-16H,1-14H2. The Morgan fingerprint density at radius 3 is 1.22 bits per heavy atom. The van der Waals surface area contributed by atoms with Crippen LogP contribution in [0, 0.1) is 0 Å². The second-order valence-electron chi connectivity index (χ2n) is 6.62. The number of hydrogen-bond acceptors (Lipinski definition) is 2. The Bertz CT molecular complexity index is 215. The first-order valence-electron chi connectivity index (χ1n) is 8.48. The van der Waals surface area contributed by atoms with Gasteiger partial charge in [-0.05, 0) is 38.5 Å². The smallest absolute Gasteiger partial charge is 0.0246 e. The lowest BCUT2D eigenvalue weighted by Gasteiger charge is -2.49. The molecule has 2 saturated carbocycles. The van der Waals surface area contributed by atoms with Crippen LogP contribution in [-0.2, 0) is 0 Å². The van der Waals surface area contributed by atoms with Crippen molar-refractivity contribution in [1.82, 2.24) is 10.0 Å². The molecule has 1 saturated heterocycles. The second-order valence-corrected chi connectivity index (χ2v) is 6.62. The summed E-state index contributed by atoms with van der Waals surface area (Å²) in [6.45, 7) is 2.70. The maximum atomic E-state index is 2.82. The zero-order valence-corrected chi connectivity index (χ0v) is 11.9. The van der Waals surface area contributed by atoms with Crippen molar-refractivity contribution in [2.24, 2.45) is 0 Å². The van der Waals surface area contributed by atoms with Crippen molar-refractivity contribution in [2.45, 2.75) is 89.1 Å². The van der Waals surface area contributed by atoms with Gasteiger partial charge in [0, 0.05) is 25.2 Å². The van der Waals surface area contributed by atoms with Crippen LogP contribution in [0.5, 0.6) is 0 Å². The van der Waals surface area contributed by atoms with Crippen molar-refractivity contribution in [3.8, 4) is 0 Å². The van der Waals surface area contributed by atoms with Gasteiger partial charge in [0.1, 0.15) is 0 Å². The van der Waals surface area contributed by atoms with Crippen LogP contribution in [0.15, 0.2) is 0 Å². The van der Waals surface area contributed by atoms with Crippen LogP contribution < -0.4 is 0 Å². The van der Waals surface area contributed by atoms with Gasteiger partial charge in [0.2, 0.25) is 0 Å². The van der Waals surface area contributed by atoms with Gasteiger partial charge in [-0.1, -0.05) is 38.5 Å². The fourth-order valence-electron chi connectivity index (χ4n) is 4.35. The van der Waals surface area contributed by atoms with Crippen molar-refractivity contribution in [2.75, 3.05) is 13.1 Å². The normalized spacial score (nSPS) is 30.7. The molecule has 18 heavy (non-hydrogen) atoms. The van der Waals surface area contributed by atoms with Gasteiger partial charge in [0.15, 0.2) is 0 Å². The largest absolute Gasteiger partial charge is 0.238 e. The van der Waals surface area contributed by atoms with E-state index in [0.717, 1.165) is 12.1 Å². The zero-order valence-electron chi connectivity index (χ0n) is 11.9. The van der Waals surface area contributed by atoms with Crippen molar-refractivity contribution in [3.63, 3.8) is 0 Å². The molecule has 0 aromatic rings. The summed E-state index contributed by atoms with van der Waals surface area (Å²) in [4.78, 5) is 0. The summed E-state index contributed by atoms with van der Waals surface area (Å²) in [6.07, 6.45) is 17.6. The zero-order chi connectivity index (χ0) is 12.2. The molecule has 2 nitrogen and oxygen atoms in total. The summed E-state index contributed by atoms with van der Waals surface area (Å²) in [5.41, 5.74) is 0. The van der Waals surface area contributed by atoms with E-state index in [-0.39, 0.29) is 0 Å². The lowest BCUT2D eigenvalue weighted by Crippen LogP contribution is -2.57. The molecular formula is C16H30N2. The molecule has 0 amide bonds. The summed E-state index contributed by atoms with van der Waals surface area (Å²) in [5.74, 6) is 0. The third-order valence-electron chi connectivity index (χ3n) is 5.35. The molecule has 3 rings (SSSR count). The summed E-state index contributed by atoms with van der Waals surface area (Å²) >= 11 is 0. The molecule has 0 aromatic carbocycles. The fourth-order valence-corrected chi connectivity index (χ4v) is 4.35. The number of hydrazine groups is 1. The lowest BCUT2D eigenvalue weighted by molar-refractivity contribution is -0.126. The van der Waals surface area contributed by atoms with E-state index in [4.69, 9.17) is 0 Å². The molecule has 2 heteroatoms. The van der Waals surface area contributed by atoms with Crippen LogP contribution in [-0.4, -0.2) is 35.2 Å². The van der Waals surface area contributed by atoms with Crippen LogP contribution in [0.4, 0.5) is 0 Å². The van der Waals surface area contributed by atoms with Crippen LogP contribution in [0.1, 0.15) is 77.0 Å². The van der Waals surface area contributed by atoms with E-state index < -0.39 is 0 Å². The van der Waals surface area contributed by atoms with Gasteiger partial charge >= 0.3 is 0 Å². The first-order chi connectivity index (χ1) is 8.95. The first kappa shape index (κ1) is 12.9. The van der Waals surface area contributed by atoms with Crippen molar-refractivity contribution >= 4 is 0 Å². The highest BCUT2D eigenvalue weighted by molar-refractivity contribution is 4.82. The Labute approximate surface area is 113 Å². The van der Waals surface area contributed by atoms with Crippen LogP contribution in [0.3, 0.4) is 0 Å². The van der Waals surface area contributed by atoms with Crippen LogP contribution in [0.25, 0.3) is 0 Å². The number of nitrogens with zero attached hydrogens (tertiary/aromatic N) is 2. The third kappa shape index (κ3) is 2.91. The van der Waals surface area contributed by atoms with Crippen LogP contribution >= 0.6 is 0 Å². The predicted molar refractivity (Wildman–Crippen MR) is 76.4 cm³/mol. The van der Waals surface area contributed by atoms with E-state index in [1.165, 1.54) is 90.1 Å². The van der Waals surface area contributed by atoms with Crippen molar-refractivity contribution in [1.29, 1.82) is 0 Å². The summed E-state index contributed by atoms with van der Waals surface area (Å²) in [7, 11) is 0. The SMILES string of the molecule is C1CCC(N2CCCCN2C2CCCCC2)CC1. The molecule has 1 aliphatic heterocycles. The van der Waals surface area contributed by atoms with E-state index in [2.05, 4.69) is 10.0 Å². The minimum atomic E-state index is 0.890. The molecule has 3 fully saturated rings. The molecule has 0 bridgehead atoms. The highest BCUT2D eigenvalue weighted by Gasteiger charge is 2.32. The van der Waals surface area contributed by atoms with E-state index in [1.807, 2.05) is 0 Å². The molecule has 0 unspecified atom stereocenters. The van der Waals surface area contributed by atoms with Gasteiger partial charge in [0.25, 0.3) is 0 Å². The van der Waals surface area contributed by atoms with E-state index >= 15 is 0 Å². The van der Waals surface area contributed by atoms with Crippen molar-refractivity contribution < 1.29 is 0 Å². The monoisotopic (exact) mass is 250 g/mol. The minimum absolute atomic E-state index is 0.890. The Hall–Kier alpha value is -0.0800. The maximum absolute atomic E-state index is 2.82. The predicted octanol–water partition coefficient (Wildman–Crippen LogP) is 3.96. The molecule has 0 atom stereocenters. The molecule has 0 spiro atoms. The molecule has 3 aliphatic rings. The summed E-state index contributed by atoms with van der Waals surface area (Å²) in [6, 6.07) is 1.78. The highest BCUT2D eigenvalue weighted by atomic mass is 15.6. The van der Waals surface area contributed by atoms with E-state index in [9.17, 15) is 0 Å². The van der Waals surface area contributed by atoms with E-state index in [1.54, 1.807) is 0 Å². The summed E-state index contributed by atoms with van der Waals surface area (Å²) < 4.78 is 0. The van der Waals surface area contributed by atoms with Gasteiger partial charge in [-0.15, -0.1) is 0 Å². The van der Waals surface area contributed by atoms with Gasteiger partial charge in [-0.25, -0.2) is 10.0 Å².